The van der Waals surface area contributed by atoms with Gasteiger partial charge in [0.15, 0.2) is 11.6 Å². The van der Waals surface area contributed by atoms with Gasteiger partial charge in [0.1, 0.15) is 0 Å². The lowest BCUT2D eigenvalue weighted by Gasteiger charge is -2.31. The molecule has 1 aromatic rings. The zero-order valence-corrected chi connectivity index (χ0v) is 11.1. The van der Waals surface area contributed by atoms with Gasteiger partial charge in [-0.15, -0.1) is 0 Å². The van der Waals surface area contributed by atoms with E-state index in [4.69, 9.17) is 4.74 Å². The average Bonchev–Trinajstić information content (AvgIpc) is 2.38. The van der Waals surface area contributed by atoms with Gasteiger partial charge in [0.2, 0.25) is 0 Å². The predicted octanol–water partition coefficient (Wildman–Crippen LogP) is 4.37. The van der Waals surface area contributed by atoms with E-state index in [0.29, 0.717) is 18.5 Å². The van der Waals surface area contributed by atoms with Crippen molar-refractivity contribution < 1.29 is 22.3 Å². The molecule has 0 heterocycles. The van der Waals surface area contributed by atoms with Gasteiger partial charge < -0.3 is 10.1 Å². The second-order valence-electron chi connectivity index (χ2n) is 5.10. The van der Waals surface area contributed by atoms with Gasteiger partial charge in [0.25, 0.3) is 0 Å². The summed E-state index contributed by atoms with van der Waals surface area (Å²) in [5.41, 5.74) is 0.483. The lowest BCUT2D eigenvalue weighted by atomic mass is 9.85. The number of rotatable bonds is 3. The van der Waals surface area contributed by atoms with E-state index < -0.39 is 17.9 Å². The summed E-state index contributed by atoms with van der Waals surface area (Å²) >= 11 is 0. The molecule has 2 unspecified atom stereocenters. The molecule has 6 heteroatoms. The standard InChI is InChI=1S/C14H17F4NO/c1-20-13-6-5-11(8-12(13)15)19-10-4-2-3-9(7-10)14(16,17)18/h5-6,8-10,19H,2-4,7H2,1H3. The smallest absolute Gasteiger partial charge is 0.391 e. The Morgan fingerprint density at radius 1 is 1.25 bits per heavy atom. The highest BCUT2D eigenvalue weighted by molar-refractivity contribution is 5.48. The predicted molar refractivity (Wildman–Crippen MR) is 68.4 cm³/mol. The van der Waals surface area contributed by atoms with Gasteiger partial charge in [-0.1, -0.05) is 6.42 Å². The van der Waals surface area contributed by atoms with Gasteiger partial charge in [-0.05, 0) is 31.4 Å². The van der Waals surface area contributed by atoms with E-state index >= 15 is 0 Å². The van der Waals surface area contributed by atoms with E-state index in [2.05, 4.69) is 5.32 Å². The molecule has 1 saturated carbocycles. The van der Waals surface area contributed by atoms with Crippen LogP contribution in [0.5, 0.6) is 5.75 Å². The second kappa shape index (κ2) is 5.89. The number of hydrogen-bond donors (Lipinski definition) is 1. The van der Waals surface area contributed by atoms with Crippen molar-refractivity contribution in [1.82, 2.24) is 0 Å². The van der Waals surface area contributed by atoms with Crippen molar-refractivity contribution in [3.8, 4) is 5.75 Å². The lowest BCUT2D eigenvalue weighted by molar-refractivity contribution is -0.182. The summed E-state index contributed by atoms with van der Waals surface area (Å²) in [4.78, 5) is 0. The number of hydrogen-bond acceptors (Lipinski definition) is 2. The monoisotopic (exact) mass is 291 g/mol. The molecule has 0 aromatic heterocycles. The second-order valence-corrected chi connectivity index (χ2v) is 5.10. The minimum absolute atomic E-state index is 0.0388. The fraction of sp³-hybridized carbons (Fsp3) is 0.571. The zero-order chi connectivity index (χ0) is 14.8. The van der Waals surface area contributed by atoms with Crippen LogP contribution in [0, 0.1) is 11.7 Å². The number of benzene rings is 1. The molecule has 1 aromatic carbocycles. The van der Waals surface area contributed by atoms with Crippen LogP contribution in [-0.2, 0) is 0 Å². The van der Waals surface area contributed by atoms with E-state index in [1.807, 2.05) is 0 Å². The molecule has 1 aliphatic rings. The number of anilines is 1. The molecule has 0 aliphatic heterocycles. The summed E-state index contributed by atoms with van der Waals surface area (Å²) in [6.45, 7) is 0. The number of ether oxygens (including phenoxy) is 1. The van der Waals surface area contributed by atoms with Crippen LogP contribution in [0.4, 0.5) is 23.2 Å². The molecule has 20 heavy (non-hydrogen) atoms. The summed E-state index contributed by atoms with van der Waals surface area (Å²) in [6.07, 6.45) is -2.73. The maximum absolute atomic E-state index is 13.5. The first-order valence-electron chi connectivity index (χ1n) is 6.57. The SMILES string of the molecule is COc1ccc(NC2CCCC(C(F)(F)F)C2)cc1F. The summed E-state index contributed by atoms with van der Waals surface area (Å²) in [7, 11) is 1.36. The summed E-state index contributed by atoms with van der Waals surface area (Å²) in [6, 6.07) is 4.04. The molecule has 0 radical (unpaired) electrons. The Hall–Kier alpha value is -1.46. The Morgan fingerprint density at radius 3 is 2.60 bits per heavy atom. The molecule has 0 saturated heterocycles. The van der Waals surface area contributed by atoms with Crippen molar-refractivity contribution in [2.75, 3.05) is 12.4 Å². The van der Waals surface area contributed by atoms with Gasteiger partial charge in [-0.2, -0.15) is 13.2 Å². The number of alkyl halides is 3. The largest absolute Gasteiger partial charge is 0.494 e. The lowest BCUT2D eigenvalue weighted by Crippen LogP contribution is -2.34. The Bertz CT molecular complexity index is 461. The minimum Gasteiger partial charge on any atom is -0.494 e. The summed E-state index contributed by atoms with van der Waals surface area (Å²) < 4.78 is 56.5. The van der Waals surface area contributed by atoms with E-state index in [-0.39, 0.29) is 24.6 Å². The number of halogens is 4. The quantitative estimate of drug-likeness (QED) is 0.835. The van der Waals surface area contributed by atoms with E-state index in [9.17, 15) is 17.6 Å². The normalized spacial score (nSPS) is 23.4. The van der Waals surface area contributed by atoms with Gasteiger partial charge >= 0.3 is 6.18 Å². The molecule has 1 aliphatic carbocycles. The fourth-order valence-electron chi connectivity index (χ4n) is 2.61. The molecule has 0 spiro atoms. The third-order valence-electron chi connectivity index (χ3n) is 3.66. The zero-order valence-electron chi connectivity index (χ0n) is 11.1. The van der Waals surface area contributed by atoms with Crippen molar-refractivity contribution >= 4 is 5.69 Å². The topological polar surface area (TPSA) is 21.3 Å². The molecule has 2 rings (SSSR count). The van der Waals surface area contributed by atoms with Crippen molar-refractivity contribution in [3.05, 3.63) is 24.0 Å². The van der Waals surface area contributed by atoms with Gasteiger partial charge in [-0.3, -0.25) is 0 Å². The Kier molecular flexibility index (Phi) is 4.40. The van der Waals surface area contributed by atoms with Gasteiger partial charge in [0.05, 0.1) is 13.0 Å². The first kappa shape index (κ1) is 14.9. The molecule has 0 bridgehead atoms. The Balaban J connectivity index is 2.01. The highest BCUT2D eigenvalue weighted by Gasteiger charge is 2.42. The Morgan fingerprint density at radius 2 is 2.00 bits per heavy atom. The van der Waals surface area contributed by atoms with Crippen LogP contribution >= 0.6 is 0 Å². The Labute approximate surface area is 115 Å². The van der Waals surface area contributed by atoms with Gasteiger partial charge in [0, 0.05) is 17.8 Å². The van der Waals surface area contributed by atoms with E-state index in [1.165, 1.54) is 19.2 Å². The third-order valence-corrected chi connectivity index (χ3v) is 3.66. The molecular formula is C14H17F4NO. The van der Waals surface area contributed by atoms with Crippen LogP contribution in [0.2, 0.25) is 0 Å². The highest BCUT2D eigenvalue weighted by atomic mass is 19.4. The van der Waals surface area contributed by atoms with Crippen LogP contribution in [0.15, 0.2) is 18.2 Å². The molecule has 112 valence electrons. The van der Waals surface area contributed by atoms with Crippen LogP contribution < -0.4 is 10.1 Å². The molecular weight excluding hydrogens is 274 g/mol. The average molecular weight is 291 g/mol. The number of methoxy groups -OCH3 is 1. The van der Waals surface area contributed by atoms with Crippen molar-refractivity contribution in [1.29, 1.82) is 0 Å². The van der Waals surface area contributed by atoms with E-state index in [0.717, 1.165) is 0 Å². The molecule has 0 amide bonds. The minimum atomic E-state index is -4.15. The van der Waals surface area contributed by atoms with Crippen molar-refractivity contribution in [2.45, 2.75) is 37.9 Å². The number of nitrogens with one attached hydrogen (secondary N) is 1. The third kappa shape index (κ3) is 3.55. The van der Waals surface area contributed by atoms with Crippen molar-refractivity contribution in [2.24, 2.45) is 5.92 Å². The highest BCUT2D eigenvalue weighted by Crippen LogP contribution is 2.38. The van der Waals surface area contributed by atoms with Gasteiger partial charge in [-0.25, -0.2) is 4.39 Å². The van der Waals surface area contributed by atoms with Crippen LogP contribution in [0.3, 0.4) is 0 Å². The van der Waals surface area contributed by atoms with Crippen molar-refractivity contribution in [3.63, 3.8) is 0 Å². The molecule has 2 atom stereocenters. The summed E-state index contributed by atoms with van der Waals surface area (Å²) in [5, 5.41) is 2.98. The molecule has 1 fully saturated rings. The first-order valence-corrected chi connectivity index (χ1v) is 6.57. The first-order chi connectivity index (χ1) is 9.40. The molecule has 1 N–H and O–H groups in total. The maximum Gasteiger partial charge on any atom is 0.391 e. The van der Waals surface area contributed by atoms with Crippen LogP contribution in [-0.4, -0.2) is 19.3 Å². The maximum atomic E-state index is 13.5. The summed E-state index contributed by atoms with van der Waals surface area (Å²) in [5.74, 6) is -1.68. The molecule has 2 nitrogen and oxygen atoms in total. The fourth-order valence-corrected chi connectivity index (χ4v) is 2.61. The van der Waals surface area contributed by atoms with E-state index in [1.54, 1.807) is 6.07 Å². The van der Waals surface area contributed by atoms with Crippen LogP contribution in [0.1, 0.15) is 25.7 Å². The van der Waals surface area contributed by atoms with Crippen LogP contribution in [0.25, 0.3) is 0 Å².